The molecule has 0 aliphatic rings. The maximum absolute atomic E-state index is 5.53. The van der Waals surface area contributed by atoms with Gasteiger partial charge in [0.2, 0.25) is 0 Å². The molecule has 0 radical (unpaired) electrons. The summed E-state index contributed by atoms with van der Waals surface area (Å²) in [4.78, 5) is 0. The summed E-state index contributed by atoms with van der Waals surface area (Å²) in [5.41, 5.74) is 0.916. The van der Waals surface area contributed by atoms with Crippen molar-refractivity contribution in [2.75, 3.05) is 11.9 Å². The normalized spacial score (nSPS) is 10.6. The minimum atomic E-state index is 0.829. The van der Waals surface area contributed by atoms with Gasteiger partial charge < -0.3 is 9.73 Å². The van der Waals surface area contributed by atoms with Crippen LogP contribution in [0.3, 0.4) is 0 Å². The Balaban J connectivity index is 2.49. The molecular formula is C10H10BrNO. The predicted molar refractivity (Wildman–Crippen MR) is 58.1 cm³/mol. The highest BCUT2D eigenvalue weighted by atomic mass is 79.9. The molecule has 2 nitrogen and oxygen atoms in total. The van der Waals surface area contributed by atoms with Crippen molar-refractivity contribution in [2.24, 2.45) is 0 Å². The van der Waals surface area contributed by atoms with E-state index < -0.39 is 0 Å². The summed E-state index contributed by atoms with van der Waals surface area (Å²) in [5.74, 6) is 0.829. The van der Waals surface area contributed by atoms with Gasteiger partial charge in [-0.1, -0.05) is 15.9 Å². The minimum Gasteiger partial charge on any atom is -0.441 e. The molecule has 0 aliphatic carbocycles. The van der Waals surface area contributed by atoms with E-state index in [1.807, 2.05) is 31.2 Å². The number of rotatable bonds is 2. The van der Waals surface area contributed by atoms with Gasteiger partial charge in [0.15, 0.2) is 5.88 Å². The lowest BCUT2D eigenvalue weighted by atomic mass is 10.3. The molecule has 0 bridgehead atoms. The number of halogens is 1. The van der Waals surface area contributed by atoms with Crippen LogP contribution in [-0.2, 0) is 0 Å². The second-order valence-electron chi connectivity index (χ2n) is 2.82. The Morgan fingerprint density at radius 2 is 2.23 bits per heavy atom. The molecule has 68 valence electrons. The van der Waals surface area contributed by atoms with E-state index in [4.69, 9.17) is 4.42 Å². The van der Waals surface area contributed by atoms with Crippen LogP contribution in [0, 0.1) is 0 Å². The molecule has 0 atom stereocenters. The van der Waals surface area contributed by atoms with Crippen molar-refractivity contribution in [1.29, 1.82) is 0 Å². The van der Waals surface area contributed by atoms with E-state index in [0.717, 1.165) is 27.9 Å². The first-order valence-corrected chi connectivity index (χ1v) is 5.02. The second-order valence-corrected chi connectivity index (χ2v) is 3.74. The highest BCUT2D eigenvalue weighted by molar-refractivity contribution is 9.10. The molecule has 1 N–H and O–H groups in total. The van der Waals surface area contributed by atoms with Gasteiger partial charge in [-0.2, -0.15) is 0 Å². The van der Waals surface area contributed by atoms with Gasteiger partial charge in [0.05, 0.1) is 0 Å². The molecule has 0 saturated heterocycles. The molecule has 2 aromatic rings. The van der Waals surface area contributed by atoms with Gasteiger partial charge in [0.25, 0.3) is 0 Å². The smallest absolute Gasteiger partial charge is 0.194 e. The first-order chi connectivity index (χ1) is 6.29. The summed E-state index contributed by atoms with van der Waals surface area (Å²) < 4.78 is 6.60. The van der Waals surface area contributed by atoms with Crippen molar-refractivity contribution in [1.82, 2.24) is 0 Å². The van der Waals surface area contributed by atoms with E-state index in [1.54, 1.807) is 0 Å². The van der Waals surface area contributed by atoms with Crippen LogP contribution in [0.1, 0.15) is 6.92 Å². The van der Waals surface area contributed by atoms with Crippen molar-refractivity contribution in [2.45, 2.75) is 6.92 Å². The Morgan fingerprint density at radius 1 is 1.38 bits per heavy atom. The number of nitrogens with one attached hydrogen (secondary N) is 1. The van der Waals surface area contributed by atoms with E-state index in [-0.39, 0.29) is 0 Å². The molecule has 0 fully saturated rings. The van der Waals surface area contributed by atoms with Gasteiger partial charge >= 0.3 is 0 Å². The molecule has 1 aromatic heterocycles. The number of furan rings is 1. The molecule has 2 rings (SSSR count). The average molecular weight is 240 g/mol. The third-order valence-electron chi connectivity index (χ3n) is 1.83. The Labute approximate surface area is 85.1 Å². The van der Waals surface area contributed by atoms with Crippen molar-refractivity contribution >= 4 is 32.8 Å². The molecule has 1 aromatic carbocycles. The number of anilines is 1. The van der Waals surface area contributed by atoms with E-state index in [9.17, 15) is 0 Å². The fraction of sp³-hybridized carbons (Fsp3) is 0.200. The molecule has 13 heavy (non-hydrogen) atoms. The lowest BCUT2D eigenvalue weighted by molar-refractivity contribution is 0.628. The van der Waals surface area contributed by atoms with Crippen LogP contribution in [0.25, 0.3) is 11.0 Å². The minimum absolute atomic E-state index is 0.829. The fourth-order valence-corrected chi connectivity index (χ4v) is 1.65. The summed E-state index contributed by atoms with van der Waals surface area (Å²) in [6.07, 6.45) is 0. The summed E-state index contributed by atoms with van der Waals surface area (Å²) in [6.45, 7) is 2.92. The molecule has 0 spiro atoms. The number of hydrogen-bond acceptors (Lipinski definition) is 2. The number of benzene rings is 1. The maximum Gasteiger partial charge on any atom is 0.194 e. The standard InChI is InChI=1S/C10H10BrNO/c1-2-12-10-6-7-5-8(11)3-4-9(7)13-10/h3-6,12H,2H2,1H3. The summed E-state index contributed by atoms with van der Waals surface area (Å²) in [5, 5.41) is 4.25. The third-order valence-corrected chi connectivity index (χ3v) is 2.32. The van der Waals surface area contributed by atoms with Crippen molar-refractivity contribution in [3.05, 3.63) is 28.7 Å². The highest BCUT2D eigenvalue weighted by Crippen LogP contribution is 2.25. The maximum atomic E-state index is 5.53. The quantitative estimate of drug-likeness (QED) is 0.866. The fourth-order valence-electron chi connectivity index (χ4n) is 1.28. The molecular weight excluding hydrogens is 230 g/mol. The third kappa shape index (κ3) is 1.70. The molecule has 0 saturated carbocycles. The Hall–Kier alpha value is -0.960. The van der Waals surface area contributed by atoms with Crippen LogP contribution in [0.15, 0.2) is 33.2 Å². The predicted octanol–water partition coefficient (Wildman–Crippen LogP) is 3.63. The van der Waals surface area contributed by atoms with Crippen LogP contribution in [0.2, 0.25) is 0 Å². The van der Waals surface area contributed by atoms with Crippen LogP contribution < -0.4 is 5.32 Å². The van der Waals surface area contributed by atoms with Crippen LogP contribution in [-0.4, -0.2) is 6.54 Å². The Morgan fingerprint density at radius 3 is 3.00 bits per heavy atom. The average Bonchev–Trinajstić information content (AvgIpc) is 2.46. The van der Waals surface area contributed by atoms with Crippen molar-refractivity contribution in [3.8, 4) is 0 Å². The van der Waals surface area contributed by atoms with E-state index in [1.165, 1.54) is 0 Å². The second kappa shape index (κ2) is 3.42. The molecule has 3 heteroatoms. The van der Waals surface area contributed by atoms with Gasteiger partial charge in [-0.05, 0) is 25.1 Å². The topological polar surface area (TPSA) is 25.2 Å². The van der Waals surface area contributed by atoms with Gasteiger partial charge in [-0.3, -0.25) is 0 Å². The summed E-state index contributed by atoms with van der Waals surface area (Å²) in [6, 6.07) is 7.98. The first kappa shape index (κ1) is 8.63. The SMILES string of the molecule is CCNc1cc2cc(Br)ccc2o1. The summed E-state index contributed by atoms with van der Waals surface area (Å²) in [7, 11) is 0. The molecule has 0 unspecified atom stereocenters. The van der Waals surface area contributed by atoms with E-state index >= 15 is 0 Å². The van der Waals surface area contributed by atoms with Gasteiger partial charge in [0, 0.05) is 22.5 Å². The van der Waals surface area contributed by atoms with Crippen LogP contribution in [0.4, 0.5) is 5.88 Å². The zero-order valence-electron chi connectivity index (χ0n) is 7.30. The Bertz CT molecular complexity index is 422. The zero-order valence-corrected chi connectivity index (χ0v) is 8.89. The molecule has 1 heterocycles. The van der Waals surface area contributed by atoms with Gasteiger partial charge in [0.1, 0.15) is 5.58 Å². The van der Waals surface area contributed by atoms with Gasteiger partial charge in [-0.15, -0.1) is 0 Å². The number of fused-ring (bicyclic) bond motifs is 1. The highest BCUT2D eigenvalue weighted by Gasteiger charge is 2.01. The Kier molecular flexibility index (Phi) is 2.27. The first-order valence-electron chi connectivity index (χ1n) is 4.22. The number of hydrogen-bond donors (Lipinski definition) is 1. The lowest BCUT2D eigenvalue weighted by Crippen LogP contribution is -1.93. The summed E-state index contributed by atoms with van der Waals surface area (Å²) >= 11 is 3.42. The van der Waals surface area contributed by atoms with Gasteiger partial charge in [-0.25, -0.2) is 0 Å². The molecule has 0 aliphatic heterocycles. The van der Waals surface area contributed by atoms with Crippen molar-refractivity contribution in [3.63, 3.8) is 0 Å². The van der Waals surface area contributed by atoms with Crippen LogP contribution >= 0.6 is 15.9 Å². The van der Waals surface area contributed by atoms with E-state index in [0.29, 0.717) is 0 Å². The monoisotopic (exact) mass is 239 g/mol. The van der Waals surface area contributed by atoms with Crippen LogP contribution in [0.5, 0.6) is 0 Å². The molecule has 0 amide bonds. The van der Waals surface area contributed by atoms with Crippen molar-refractivity contribution < 1.29 is 4.42 Å². The largest absolute Gasteiger partial charge is 0.441 e. The van der Waals surface area contributed by atoms with E-state index in [2.05, 4.69) is 21.2 Å². The lowest BCUT2D eigenvalue weighted by Gasteiger charge is -1.93. The zero-order chi connectivity index (χ0) is 9.26.